The van der Waals surface area contributed by atoms with Gasteiger partial charge < -0.3 is 5.11 Å². The van der Waals surface area contributed by atoms with E-state index < -0.39 is 17.7 Å². The predicted molar refractivity (Wildman–Crippen MR) is 55.5 cm³/mol. The van der Waals surface area contributed by atoms with Gasteiger partial charge in [-0.2, -0.15) is 0 Å². The number of hydrogen-bond acceptors (Lipinski definition) is 1. The topological polar surface area (TPSA) is 20.2 Å². The maximum absolute atomic E-state index is 13.4. The van der Waals surface area contributed by atoms with Gasteiger partial charge in [0.15, 0.2) is 0 Å². The Kier molecular flexibility index (Phi) is 3.80. The Morgan fingerprint density at radius 3 is 2.40 bits per heavy atom. The van der Waals surface area contributed by atoms with Crippen molar-refractivity contribution in [1.82, 2.24) is 0 Å². The van der Waals surface area contributed by atoms with E-state index in [0.717, 1.165) is 12.5 Å². The Hall–Kier alpha value is -0.960. The highest BCUT2D eigenvalue weighted by molar-refractivity contribution is 5.27. The van der Waals surface area contributed by atoms with Gasteiger partial charge in [0, 0.05) is 11.6 Å². The smallest absolute Gasteiger partial charge is 0.131 e. The summed E-state index contributed by atoms with van der Waals surface area (Å²) in [6.07, 6.45) is -0.119. The summed E-state index contributed by atoms with van der Waals surface area (Å²) < 4.78 is 26.4. The third-order valence-electron chi connectivity index (χ3n) is 2.78. The van der Waals surface area contributed by atoms with Crippen LogP contribution in [0, 0.1) is 24.5 Å². The fourth-order valence-electron chi connectivity index (χ4n) is 1.44. The van der Waals surface area contributed by atoms with Crippen LogP contribution in [0.15, 0.2) is 12.1 Å². The SMILES string of the molecule is CCC(C)C(O)c1cc(C)c(F)cc1F. The summed E-state index contributed by atoms with van der Waals surface area (Å²) >= 11 is 0. The van der Waals surface area contributed by atoms with Gasteiger partial charge in [-0.25, -0.2) is 8.78 Å². The molecule has 0 fully saturated rings. The van der Waals surface area contributed by atoms with Crippen LogP contribution >= 0.6 is 0 Å². The maximum atomic E-state index is 13.4. The Morgan fingerprint density at radius 2 is 1.87 bits per heavy atom. The first-order valence-corrected chi connectivity index (χ1v) is 5.11. The number of halogens is 2. The van der Waals surface area contributed by atoms with Crippen LogP contribution in [0.5, 0.6) is 0 Å². The van der Waals surface area contributed by atoms with Gasteiger partial charge in [-0.1, -0.05) is 20.3 Å². The van der Waals surface area contributed by atoms with Crippen molar-refractivity contribution in [3.8, 4) is 0 Å². The minimum atomic E-state index is -0.866. The average Bonchev–Trinajstić information content (AvgIpc) is 2.21. The summed E-state index contributed by atoms with van der Waals surface area (Å²) in [6, 6.07) is 2.21. The molecular formula is C12H16F2O. The summed E-state index contributed by atoms with van der Waals surface area (Å²) in [5.41, 5.74) is 0.539. The van der Waals surface area contributed by atoms with E-state index in [2.05, 4.69) is 0 Å². The summed E-state index contributed by atoms with van der Waals surface area (Å²) in [6.45, 7) is 5.31. The van der Waals surface area contributed by atoms with Crippen LogP contribution in [0.4, 0.5) is 8.78 Å². The zero-order valence-corrected chi connectivity index (χ0v) is 9.22. The van der Waals surface area contributed by atoms with Crippen molar-refractivity contribution < 1.29 is 13.9 Å². The molecule has 0 heterocycles. The van der Waals surface area contributed by atoms with Gasteiger partial charge in [0.05, 0.1) is 6.10 Å². The Labute approximate surface area is 88.7 Å². The lowest BCUT2D eigenvalue weighted by molar-refractivity contribution is 0.111. The van der Waals surface area contributed by atoms with Crippen molar-refractivity contribution in [2.45, 2.75) is 33.3 Å². The molecule has 0 amide bonds. The third-order valence-corrected chi connectivity index (χ3v) is 2.78. The van der Waals surface area contributed by atoms with E-state index in [1.165, 1.54) is 6.07 Å². The predicted octanol–water partition coefficient (Wildman–Crippen LogP) is 3.35. The first-order valence-electron chi connectivity index (χ1n) is 5.11. The maximum Gasteiger partial charge on any atom is 0.131 e. The average molecular weight is 214 g/mol. The highest BCUT2D eigenvalue weighted by Gasteiger charge is 2.19. The molecule has 0 aliphatic rings. The Morgan fingerprint density at radius 1 is 1.27 bits per heavy atom. The molecule has 2 unspecified atom stereocenters. The molecule has 84 valence electrons. The molecule has 0 saturated heterocycles. The molecule has 1 nitrogen and oxygen atoms in total. The molecule has 1 aromatic rings. The largest absolute Gasteiger partial charge is 0.388 e. The molecule has 0 saturated carbocycles. The lowest BCUT2D eigenvalue weighted by atomic mass is 9.94. The molecule has 0 bridgehead atoms. The summed E-state index contributed by atoms with van der Waals surface area (Å²) in [5, 5.41) is 9.82. The zero-order chi connectivity index (χ0) is 11.6. The van der Waals surface area contributed by atoms with E-state index in [4.69, 9.17) is 0 Å². The minimum absolute atomic E-state index is 0.0376. The Bertz CT molecular complexity index is 350. The normalized spacial score (nSPS) is 15.1. The molecule has 3 heteroatoms. The molecule has 1 N–H and O–H groups in total. The van der Waals surface area contributed by atoms with Gasteiger partial charge in [-0.3, -0.25) is 0 Å². The van der Waals surface area contributed by atoms with Crippen molar-refractivity contribution in [1.29, 1.82) is 0 Å². The molecule has 1 rings (SSSR count). The van der Waals surface area contributed by atoms with E-state index in [0.29, 0.717) is 5.56 Å². The fraction of sp³-hybridized carbons (Fsp3) is 0.500. The summed E-state index contributed by atoms with van der Waals surface area (Å²) in [7, 11) is 0. The van der Waals surface area contributed by atoms with Crippen LogP contribution in [-0.4, -0.2) is 5.11 Å². The van der Waals surface area contributed by atoms with Gasteiger partial charge in [0.1, 0.15) is 11.6 Å². The second-order valence-corrected chi connectivity index (χ2v) is 3.95. The van der Waals surface area contributed by atoms with Crippen molar-refractivity contribution >= 4 is 0 Å². The monoisotopic (exact) mass is 214 g/mol. The second-order valence-electron chi connectivity index (χ2n) is 3.95. The van der Waals surface area contributed by atoms with Crippen LogP contribution in [0.1, 0.15) is 37.5 Å². The van der Waals surface area contributed by atoms with Gasteiger partial charge in [-0.15, -0.1) is 0 Å². The molecule has 0 aliphatic heterocycles. The number of aryl methyl sites for hydroxylation is 1. The number of aliphatic hydroxyl groups excluding tert-OH is 1. The van der Waals surface area contributed by atoms with Crippen LogP contribution in [-0.2, 0) is 0 Å². The first kappa shape index (κ1) is 12.1. The van der Waals surface area contributed by atoms with Crippen LogP contribution in [0.25, 0.3) is 0 Å². The summed E-state index contributed by atoms with van der Waals surface area (Å²) in [4.78, 5) is 0. The Balaban J connectivity index is 3.09. The molecule has 1 aromatic carbocycles. The van der Waals surface area contributed by atoms with Gasteiger partial charge in [0.2, 0.25) is 0 Å². The minimum Gasteiger partial charge on any atom is -0.388 e. The highest BCUT2D eigenvalue weighted by atomic mass is 19.1. The van der Waals surface area contributed by atoms with Crippen molar-refractivity contribution in [2.24, 2.45) is 5.92 Å². The molecule has 0 aliphatic carbocycles. The second kappa shape index (κ2) is 4.71. The molecular weight excluding hydrogens is 198 g/mol. The third kappa shape index (κ3) is 2.53. The van der Waals surface area contributed by atoms with Crippen molar-refractivity contribution in [3.63, 3.8) is 0 Å². The molecule has 0 spiro atoms. The number of rotatable bonds is 3. The molecule has 2 atom stereocenters. The van der Waals surface area contributed by atoms with Crippen molar-refractivity contribution in [2.75, 3.05) is 0 Å². The van der Waals surface area contributed by atoms with E-state index in [9.17, 15) is 13.9 Å². The van der Waals surface area contributed by atoms with E-state index in [-0.39, 0.29) is 11.5 Å². The van der Waals surface area contributed by atoms with Crippen LogP contribution < -0.4 is 0 Å². The van der Waals surface area contributed by atoms with Crippen LogP contribution in [0.3, 0.4) is 0 Å². The molecule has 0 aromatic heterocycles. The lowest BCUT2D eigenvalue weighted by Crippen LogP contribution is -2.10. The van der Waals surface area contributed by atoms with Crippen molar-refractivity contribution in [3.05, 3.63) is 34.9 Å². The standard InChI is InChI=1S/C12H16F2O/c1-4-7(2)12(15)9-5-8(3)10(13)6-11(9)14/h5-7,12,15H,4H2,1-3H3. The number of benzene rings is 1. The van der Waals surface area contributed by atoms with Gasteiger partial charge in [0.25, 0.3) is 0 Å². The number of hydrogen-bond donors (Lipinski definition) is 1. The number of aliphatic hydroxyl groups is 1. The lowest BCUT2D eigenvalue weighted by Gasteiger charge is -2.18. The zero-order valence-electron chi connectivity index (χ0n) is 9.22. The first-order chi connectivity index (χ1) is 6.97. The van der Waals surface area contributed by atoms with Gasteiger partial charge >= 0.3 is 0 Å². The van der Waals surface area contributed by atoms with Gasteiger partial charge in [-0.05, 0) is 24.5 Å². The molecule has 0 radical (unpaired) electrons. The van der Waals surface area contributed by atoms with Crippen LogP contribution in [0.2, 0.25) is 0 Å². The quantitative estimate of drug-likeness (QED) is 0.818. The molecule has 15 heavy (non-hydrogen) atoms. The van der Waals surface area contributed by atoms with E-state index in [1.54, 1.807) is 6.92 Å². The fourth-order valence-corrected chi connectivity index (χ4v) is 1.44. The summed E-state index contributed by atoms with van der Waals surface area (Å²) in [5.74, 6) is -1.29. The van der Waals surface area contributed by atoms with E-state index >= 15 is 0 Å². The highest BCUT2D eigenvalue weighted by Crippen LogP contribution is 2.27. The van der Waals surface area contributed by atoms with E-state index in [1.807, 2.05) is 13.8 Å².